The van der Waals surface area contributed by atoms with Gasteiger partial charge in [-0.1, -0.05) is 0 Å². The molecule has 1 unspecified atom stereocenters. The van der Waals surface area contributed by atoms with Crippen molar-refractivity contribution in [1.29, 1.82) is 0 Å². The molecule has 0 radical (unpaired) electrons. The van der Waals surface area contributed by atoms with Gasteiger partial charge in [-0.15, -0.1) is 0 Å². The van der Waals surface area contributed by atoms with Crippen LogP contribution in [0.4, 0.5) is 10.5 Å². The number of ether oxygens (including phenoxy) is 3. The number of hydrogen-bond acceptors (Lipinski definition) is 5. The summed E-state index contributed by atoms with van der Waals surface area (Å²) in [6.07, 6.45) is -1.43. The Morgan fingerprint density at radius 2 is 1.80 bits per heavy atom. The molecule has 1 saturated heterocycles. The molecule has 0 N–H and O–H groups in total. The fourth-order valence-corrected chi connectivity index (χ4v) is 1.94. The molecule has 1 aromatic carbocycles. The molecule has 108 valence electrons. The zero-order valence-electron chi connectivity index (χ0n) is 11.7. The van der Waals surface area contributed by atoms with E-state index >= 15 is 0 Å². The molecule has 6 heteroatoms. The zero-order valence-corrected chi connectivity index (χ0v) is 11.7. The van der Waals surface area contributed by atoms with Gasteiger partial charge in [0.25, 0.3) is 5.91 Å². The van der Waals surface area contributed by atoms with Gasteiger partial charge in [0.1, 0.15) is 0 Å². The maximum Gasteiger partial charge on any atom is 0.422 e. The molecule has 0 aliphatic carbocycles. The third kappa shape index (κ3) is 2.54. The van der Waals surface area contributed by atoms with Crippen molar-refractivity contribution in [2.45, 2.75) is 26.9 Å². The third-order valence-corrected chi connectivity index (χ3v) is 2.81. The average Bonchev–Trinajstić information content (AvgIpc) is 2.66. The highest BCUT2D eigenvalue weighted by Crippen LogP contribution is 2.34. The Morgan fingerprint density at radius 3 is 2.35 bits per heavy atom. The van der Waals surface area contributed by atoms with Crippen LogP contribution in [0, 0.1) is 0 Å². The quantitative estimate of drug-likeness (QED) is 0.827. The molecule has 6 nitrogen and oxygen atoms in total. The van der Waals surface area contributed by atoms with E-state index < -0.39 is 12.2 Å². The van der Waals surface area contributed by atoms with Gasteiger partial charge in [0.15, 0.2) is 17.6 Å². The monoisotopic (exact) mass is 279 g/mol. The summed E-state index contributed by atoms with van der Waals surface area (Å²) in [7, 11) is 0. The Hall–Kier alpha value is -2.24. The second-order valence-corrected chi connectivity index (χ2v) is 4.20. The first-order chi connectivity index (χ1) is 9.58. The summed E-state index contributed by atoms with van der Waals surface area (Å²) in [4.78, 5) is 24.6. The van der Waals surface area contributed by atoms with Crippen LogP contribution in [-0.2, 0) is 9.53 Å². The van der Waals surface area contributed by atoms with Gasteiger partial charge < -0.3 is 14.2 Å². The molecule has 2 rings (SSSR count). The molecule has 1 atom stereocenters. The van der Waals surface area contributed by atoms with Crippen LogP contribution in [0.3, 0.4) is 0 Å². The molecule has 20 heavy (non-hydrogen) atoms. The van der Waals surface area contributed by atoms with Crippen molar-refractivity contribution < 1.29 is 23.8 Å². The van der Waals surface area contributed by atoms with E-state index in [1.807, 2.05) is 13.8 Å². The van der Waals surface area contributed by atoms with Crippen molar-refractivity contribution >= 4 is 17.7 Å². The summed E-state index contributed by atoms with van der Waals surface area (Å²) < 4.78 is 15.8. The predicted octanol–water partition coefficient (Wildman–Crippen LogP) is 2.36. The Kier molecular flexibility index (Phi) is 4.12. The van der Waals surface area contributed by atoms with Crippen molar-refractivity contribution in [3.05, 3.63) is 18.2 Å². The van der Waals surface area contributed by atoms with Crippen LogP contribution in [0.5, 0.6) is 11.5 Å². The van der Waals surface area contributed by atoms with E-state index in [2.05, 4.69) is 0 Å². The topological polar surface area (TPSA) is 65.1 Å². The number of carbonyl (C=O) groups excluding carboxylic acids is 2. The number of anilines is 1. The number of benzene rings is 1. The van der Waals surface area contributed by atoms with Crippen LogP contribution in [0.2, 0.25) is 0 Å². The van der Waals surface area contributed by atoms with E-state index in [9.17, 15) is 9.59 Å². The molecule has 0 spiro atoms. The fourth-order valence-electron chi connectivity index (χ4n) is 1.94. The van der Waals surface area contributed by atoms with Gasteiger partial charge in [0.2, 0.25) is 0 Å². The summed E-state index contributed by atoms with van der Waals surface area (Å²) in [6, 6.07) is 4.91. The maximum atomic E-state index is 11.9. The minimum absolute atomic E-state index is 0.387. The van der Waals surface area contributed by atoms with Crippen LogP contribution in [0.25, 0.3) is 0 Å². The highest BCUT2D eigenvalue weighted by Gasteiger charge is 2.39. The Bertz CT molecular complexity index is 528. The molecule has 0 saturated carbocycles. The Morgan fingerprint density at radius 1 is 1.15 bits per heavy atom. The van der Waals surface area contributed by atoms with Crippen LogP contribution < -0.4 is 14.4 Å². The van der Waals surface area contributed by atoms with Crippen LogP contribution >= 0.6 is 0 Å². The van der Waals surface area contributed by atoms with E-state index in [1.54, 1.807) is 18.2 Å². The third-order valence-electron chi connectivity index (χ3n) is 2.81. The smallest absolute Gasteiger partial charge is 0.422 e. The van der Waals surface area contributed by atoms with Gasteiger partial charge in [-0.3, -0.25) is 4.79 Å². The molecule has 1 aromatic rings. The lowest BCUT2D eigenvalue weighted by molar-refractivity contribution is -0.121. The van der Waals surface area contributed by atoms with Crippen molar-refractivity contribution in [2.75, 3.05) is 18.1 Å². The van der Waals surface area contributed by atoms with E-state index in [1.165, 1.54) is 6.92 Å². The van der Waals surface area contributed by atoms with E-state index in [4.69, 9.17) is 14.2 Å². The predicted molar refractivity (Wildman–Crippen MR) is 72.2 cm³/mol. The van der Waals surface area contributed by atoms with Crippen LogP contribution in [-0.4, -0.2) is 31.3 Å². The van der Waals surface area contributed by atoms with Crippen LogP contribution in [0.15, 0.2) is 18.2 Å². The number of imide groups is 1. The zero-order chi connectivity index (χ0) is 14.7. The lowest BCUT2D eigenvalue weighted by Gasteiger charge is -2.15. The number of amides is 2. The fraction of sp³-hybridized carbons (Fsp3) is 0.429. The van der Waals surface area contributed by atoms with Gasteiger partial charge >= 0.3 is 6.09 Å². The number of carbonyl (C=O) groups is 2. The second kappa shape index (κ2) is 5.81. The van der Waals surface area contributed by atoms with Crippen LogP contribution in [0.1, 0.15) is 20.8 Å². The first kappa shape index (κ1) is 14.2. The lowest BCUT2D eigenvalue weighted by Crippen LogP contribution is -2.30. The summed E-state index contributed by atoms with van der Waals surface area (Å²) in [6.45, 7) is 6.21. The number of nitrogens with zero attached hydrogens (tertiary/aromatic N) is 1. The minimum Gasteiger partial charge on any atom is -0.490 e. The SMILES string of the molecule is CCOc1ccc(N2C(=O)OC(C)C2=O)cc1OCC. The van der Waals surface area contributed by atoms with Gasteiger partial charge in [-0.05, 0) is 32.9 Å². The normalized spacial score (nSPS) is 18.1. The summed E-state index contributed by atoms with van der Waals surface area (Å²) in [5, 5.41) is 0. The van der Waals surface area contributed by atoms with Gasteiger partial charge in [0.05, 0.1) is 18.9 Å². The molecular formula is C14H17NO5. The minimum atomic E-state index is -0.760. The summed E-state index contributed by atoms with van der Waals surface area (Å²) >= 11 is 0. The van der Waals surface area contributed by atoms with Gasteiger partial charge in [-0.2, -0.15) is 0 Å². The van der Waals surface area contributed by atoms with Gasteiger partial charge in [0, 0.05) is 6.07 Å². The van der Waals surface area contributed by atoms with Gasteiger partial charge in [-0.25, -0.2) is 9.69 Å². The van der Waals surface area contributed by atoms with Crippen molar-refractivity contribution in [2.24, 2.45) is 0 Å². The number of cyclic esters (lactones) is 1. The Balaban J connectivity index is 2.35. The highest BCUT2D eigenvalue weighted by atomic mass is 16.6. The largest absolute Gasteiger partial charge is 0.490 e. The molecule has 1 aliphatic rings. The second-order valence-electron chi connectivity index (χ2n) is 4.20. The van der Waals surface area contributed by atoms with E-state index in [-0.39, 0.29) is 5.91 Å². The summed E-state index contributed by atoms with van der Waals surface area (Å²) in [5.41, 5.74) is 0.413. The Labute approximate surface area is 117 Å². The molecule has 0 bridgehead atoms. The van der Waals surface area contributed by atoms with Crippen molar-refractivity contribution in [3.63, 3.8) is 0 Å². The summed E-state index contributed by atoms with van der Waals surface area (Å²) in [5.74, 6) is 0.680. The molecule has 0 aromatic heterocycles. The molecule has 2 amide bonds. The average molecular weight is 279 g/mol. The standard InChI is InChI=1S/C14H17NO5/c1-4-18-11-7-6-10(8-12(11)19-5-2)15-13(16)9(3)20-14(15)17/h6-9H,4-5H2,1-3H3. The number of hydrogen-bond donors (Lipinski definition) is 0. The van der Waals surface area contributed by atoms with E-state index in [0.29, 0.717) is 30.4 Å². The lowest BCUT2D eigenvalue weighted by atomic mass is 10.2. The van der Waals surface area contributed by atoms with E-state index in [0.717, 1.165) is 4.90 Å². The van der Waals surface area contributed by atoms with Crippen molar-refractivity contribution in [3.8, 4) is 11.5 Å². The molecule has 1 fully saturated rings. The molecule has 1 heterocycles. The number of rotatable bonds is 5. The first-order valence-corrected chi connectivity index (χ1v) is 6.52. The first-order valence-electron chi connectivity index (χ1n) is 6.52. The molecular weight excluding hydrogens is 262 g/mol. The molecule has 1 aliphatic heterocycles. The maximum absolute atomic E-state index is 11.9. The van der Waals surface area contributed by atoms with Crippen molar-refractivity contribution in [1.82, 2.24) is 0 Å². The highest BCUT2D eigenvalue weighted by molar-refractivity contribution is 6.18.